The quantitative estimate of drug-likeness (QED) is 0.594. The molecule has 1 aliphatic rings. The Kier molecular flexibility index (Phi) is 4.77. The highest BCUT2D eigenvalue weighted by atomic mass is 79.9. The first kappa shape index (κ1) is 17.5. The van der Waals surface area contributed by atoms with Crippen LogP contribution in [0, 0.1) is 0 Å². The molecule has 5 heteroatoms. The molecule has 3 aromatic carbocycles. The van der Waals surface area contributed by atoms with Gasteiger partial charge in [0.25, 0.3) is 5.91 Å². The lowest BCUT2D eigenvalue weighted by molar-refractivity contribution is 0.0252. The summed E-state index contributed by atoms with van der Waals surface area (Å²) < 4.78 is 6.51. The van der Waals surface area contributed by atoms with Crippen LogP contribution < -0.4 is 5.32 Å². The van der Waals surface area contributed by atoms with Crippen LogP contribution in [0.3, 0.4) is 0 Å². The third-order valence-corrected chi connectivity index (χ3v) is 5.04. The molecule has 0 fully saturated rings. The van der Waals surface area contributed by atoms with Crippen LogP contribution in [0.2, 0.25) is 0 Å². The van der Waals surface area contributed by atoms with Gasteiger partial charge in [-0.2, -0.15) is 0 Å². The Morgan fingerprint density at radius 3 is 2.48 bits per heavy atom. The largest absolute Gasteiger partial charge is 0.454 e. The second kappa shape index (κ2) is 7.37. The van der Waals surface area contributed by atoms with Crippen LogP contribution in [0.5, 0.6) is 0 Å². The van der Waals surface area contributed by atoms with Crippen molar-refractivity contribution in [3.8, 4) is 0 Å². The van der Waals surface area contributed by atoms with E-state index in [1.54, 1.807) is 18.2 Å². The molecule has 3 aromatic rings. The molecule has 1 N–H and O–H groups in total. The minimum absolute atomic E-state index is 0.213. The molecule has 1 atom stereocenters. The van der Waals surface area contributed by atoms with Gasteiger partial charge in [0, 0.05) is 22.1 Å². The first-order valence-corrected chi connectivity index (χ1v) is 9.35. The van der Waals surface area contributed by atoms with E-state index in [9.17, 15) is 9.59 Å². The van der Waals surface area contributed by atoms with Gasteiger partial charge >= 0.3 is 5.97 Å². The molecule has 4 nitrogen and oxygen atoms in total. The lowest BCUT2D eigenvalue weighted by atomic mass is 9.93. The van der Waals surface area contributed by atoms with Crippen LogP contribution in [-0.2, 0) is 11.2 Å². The van der Waals surface area contributed by atoms with E-state index in [4.69, 9.17) is 4.74 Å². The lowest BCUT2D eigenvalue weighted by Crippen LogP contribution is -2.23. The topological polar surface area (TPSA) is 55.4 Å². The highest BCUT2D eigenvalue weighted by molar-refractivity contribution is 9.10. The van der Waals surface area contributed by atoms with Crippen molar-refractivity contribution in [1.82, 2.24) is 0 Å². The van der Waals surface area contributed by atoms with Crippen molar-refractivity contribution in [2.75, 3.05) is 5.32 Å². The number of carbonyl (C=O) groups excluding carboxylic acids is 2. The van der Waals surface area contributed by atoms with E-state index in [-0.39, 0.29) is 18.0 Å². The Balaban J connectivity index is 1.58. The van der Waals surface area contributed by atoms with Crippen molar-refractivity contribution >= 4 is 33.5 Å². The predicted octanol–water partition coefficient (Wildman–Crippen LogP) is 5.16. The average molecular weight is 422 g/mol. The van der Waals surface area contributed by atoms with Crippen molar-refractivity contribution in [1.29, 1.82) is 0 Å². The molecule has 0 saturated heterocycles. The summed E-state index contributed by atoms with van der Waals surface area (Å²) >= 11 is 3.37. The number of halogens is 1. The van der Waals surface area contributed by atoms with E-state index in [0.717, 1.165) is 15.6 Å². The van der Waals surface area contributed by atoms with Gasteiger partial charge in [-0.1, -0.05) is 46.3 Å². The summed E-state index contributed by atoms with van der Waals surface area (Å²) in [4.78, 5) is 24.9. The molecular formula is C22H16BrNO3. The van der Waals surface area contributed by atoms with Crippen molar-refractivity contribution in [2.45, 2.75) is 12.5 Å². The Labute approximate surface area is 165 Å². The van der Waals surface area contributed by atoms with Gasteiger partial charge in [-0.25, -0.2) is 4.79 Å². The molecule has 0 saturated carbocycles. The normalized spacial score (nSPS) is 15.6. The number of carbonyl (C=O) groups is 2. The average Bonchev–Trinajstić information content (AvgIpc) is 2.70. The van der Waals surface area contributed by atoms with Crippen LogP contribution in [-0.4, -0.2) is 11.9 Å². The van der Waals surface area contributed by atoms with Gasteiger partial charge in [0.1, 0.15) is 6.10 Å². The SMILES string of the molecule is O=C(Nc1ccc(Br)cc1)c1ccc2c(c1)C[C@@H](c1ccccc1)OC2=O. The molecule has 1 amide bonds. The minimum atomic E-state index is -0.357. The zero-order valence-electron chi connectivity index (χ0n) is 14.3. The Hall–Kier alpha value is -2.92. The highest BCUT2D eigenvalue weighted by Gasteiger charge is 2.28. The highest BCUT2D eigenvalue weighted by Crippen LogP contribution is 2.31. The van der Waals surface area contributed by atoms with Crippen molar-refractivity contribution in [2.24, 2.45) is 0 Å². The standard InChI is InChI=1S/C22H16BrNO3/c23-17-7-9-18(10-8-17)24-21(25)15-6-11-19-16(12-15)13-20(27-22(19)26)14-4-2-1-3-5-14/h1-12,20H,13H2,(H,24,25)/t20-/m0/s1. The van der Waals surface area contributed by atoms with E-state index < -0.39 is 0 Å². The predicted molar refractivity (Wildman–Crippen MR) is 107 cm³/mol. The Morgan fingerprint density at radius 2 is 1.74 bits per heavy atom. The van der Waals surface area contributed by atoms with Crippen LogP contribution in [0.25, 0.3) is 0 Å². The summed E-state index contributed by atoms with van der Waals surface area (Å²) in [5.41, 5.74) is 3.51. The number of anilines is 1. The van der Waals surface area contributed by atoms with E-state index >= 15 is 0 Å². The molecule has 134 valence electrons. The number of ether oxygens (including phenoxy) is 1. The summed E-state index contributed by atoms with van der Waals surface area (Å²) in [5, 5.41) is 2.87. The maximum absolute atomic E-state index is 12.6. The smallest absolute Gasteiger partial charge is 0.339 e. The fourth-order valence-corrected chi connectivity index (χ4v) is 3.39. The third-order valence-electron chi connectivity index (χ3n) is 4.52. The molecule has 0 unspecified atom stereocenters. The fourth-order valence-electron chi connectivity index (χ4n) is 3.13. The number of amides is 1. The third kappa shape index (κ3) is 3.78. The van der Waals surface area contributed by atoms with Crippen LogP contribution in [0.4, 0.5) is 5.69 Å². The molecule has 1 heterocycles. The van der Waals surface area contributed by atoms with E-state index in [2.05, 4.69) is 21.2 Å². The van der Waals surface area contributed by atoms with Gasteiger partial charge < -0.3 is 10.1 Å². The van der Waals surface area contributed by atoms with Gasteiger partial charge in [-0.3, -0.25) is 4.79 Å². The summed E-state index contributed by atoms with van der Waals surface area (Å²) in [5.74, 6) is -0.569. The first-order chi connectivity index (χ1) is 13.1. The fraction of sp³-hybridized carbons (Fsp3) is 0.0909. The molecule has 0 aliphatic carbocycles. The number of benzene rings is 3. The van der Waals surface area contributed by atoms with Crippen molar-refractivity contribution in [3.05, 3.63) is 99.5 Å². The maximum Gasteiger partial charge on any atom is 0.339 e. The van der Waals surface area contributed by atoms with Crippen LogP contribution in [0.15, 0.2) is 77.3 Å². The summed E-state index contributed by atoms with van der Waals surface area (Å²) in [6.45, 7) is 0. The van der Waals surface area contributed by atoms with E-state index in [1.165, 1.54) is 0 Å². The van der Waals surface area contributed by atoms with Gasteiger partial charge in [0.15, 0.2) is 0 Å². The monoisotopic (exact) mass is 421 g/mol. The van der Waals surface area contributed by atoms with Crippen molar-refractivity contribution < 1.29 is 14.3 Å². The number of esters is 1. The number of hydrogen-bond acceptors (Lipinski definition) is 3. The Morgan fingerprint density at radius 1 is 1.00 bits per heavy atom. The van der Waals surface area contributed by atoms with Crippen LogP contribution in [0.1, 0.15) is 37.9 Å². The number of fused-ring (bicyclic) bond motifs is 1. The van der Waals surface area contributed by atoms with Gasteiger partial charge in [0.2, 0.25) is 0 Å². The molecule has 27 heavy (non-hydrogen) atoms. The first-order valence-electron chi connectivity index (χ1n) is 8.56. The lowest BCUT2D eigenvalue weighted by Gasteiger charge is -2.25. The molecular weight excluding hydrogens is 406 g/mol. The Bertz CT molecular complexity index is 1000. The minimum Gasteiger partial charge on any atom is -0.454 e. The van der Waals surface area contributed by atoms with Crippen LogP contribution >= 0.6 is 15.9 Å². The zero-order valence-corrected chi connectivity index (χ0v) is 15.9. The molecule has 1 aliphatic heterocycles. The summed E-state index contributed by atoms with van der Waals surface area (Å²) in [6.07, 6.45) is 0.209. The maximum atomic E-state index is 12.6. The van der Waals surface area contributed by atoms with Gasteiger partial charge in [0.05, 0.1) is 5.56 Å². The van der Waals surface area contributed by atoms with Gasteiger partial charge in [-0.15, -0.1) is 0 Å². The van der Waals surface area contributed by atoms with E-state index in [1.807, 2.05) is 54.6 Å². The van der Waals surface area contributed by atoms with Gasteiger partial charge in [-0.05, 0) is 53.6 Å². The van der Waals surface area contributed by atoms with E-state index in [0.29, 0.717) is 23.2 Å². The number of nitrogens with one attached hydrogen (secondary N) is 1. The molecule has 0 spiro atoms. The number of hydrogen-bond donors (Lipinski definition) is 1. The molecule has 0 radical (unpaired) electrons. The summed E-state index contributed by atoms with van der Waals surface area (Å²) in [6, 6.07) is 22.1. The zero-order chi connectivity index (χ0) is 18.8. The number of cyclic esters (lactones) is 1. The molecule has 4 rings (SSSR count). The van der Waals surface area contributed by atoms with Crippen molar-refractivity contribution in [3.63, 3.8) is 0 Å². The number of rotatable bonds is 3. The summed E-state index contributed by atoms with van der Waals surface area (Å²) in [7, 11) is 0. The molecule has 0 aromatic heterocycles. The second-order valence-corrected chi connectivity index (χ2v) is 7.26. The second-order valence-electron chi connectivity index (χ2n) is 6.34. The molecule has 0 bridgehead atoms.